The van der Waals surface area contributed by atoms with E-state index in [1.807, 2.05) is 35.5 Å². The predicted molar refractivity (Wildman–Crippen MR) is 82.0 cm³/mol. The Morgan fingerprint density at radius 3 is 2.81 bits per heavy atom. The molecule has 5 nitrogen and oxygen atoms in total. The summed E-state index contributed by atoms with van der Waals surface area (Å²) in [5, 5.41) is 8.02. The minimum Gasteiger partial charge on any atom is -0.310 e. The van der Waals surface area contributed by atoms with E-state index in [1.165, 1.54) is 11.1 Å². The molecule has 3 aromatic heterocycles. The van der Waals surface area contributed by atoms with Crippen LogP contribution in [0.1, 0.15) is 30.5 Å². The van der Waals surface area contributed by atoms with Crippen molar-refractivity contribution in [3.05, 3.63) is 60.4 Å². The number of nitrogens with zero attached hydrogens (tertiary/aromatic N) is 4. The van der Waals surface area contributed by atoms with Crippen molar-refractivity contribution < 1.29 is 0 Å². The predicted octanol–water partition coefficient (Wildman–Crippen LogP) is 2.41. The normalized spacial score (nSPS) is 12.6. The maximum atomic E-state index is 4.41. The summed E-state index contributed by atoms with van der Waals surface area (Å²) in [6.45, 7) is 3.15. The van der Waals surface area contributed by atoms with Crippen LogP contribution in [0.2, 0.25) is 0 Å². The molecular weight excluding hydrogens is 262 g/mol. The van der Waals surface area contributed by atoms with Gasteiger partial charge < -0.3 is 5.32 Å². The summed E-state index contributed by atoms with van der Waals surface area (Å²) in [4.78, 5) is 8.30. The van der Waals surface area contributed by atoms with E-state index in [9.17, 15) is 0 Å². The molecule has 0 fully saturated rings. The standard InChI is InChI=1S/C16H19N5/c1-2-5-19-15(10-13-3-6-17-7-4-13)14-11-20-21-9-8-18-12-16(14)21/h3-4,6-9,11-12,15,19H,2,5,10H2,1H3. The molecule has 1 atom stereocenters. The summed E-state index contributed by atoms with van der Waals surface area (Å²) in [5.41, 5.74) is 3.51. The van der Waals surface area contributed by atoms with Crippen molar-refractivity contribution in [2.45, 2.75) is 25.8 Å². The lowest BCUT2D eigenvalue weighted by Crippen LogP contribution is -2.24. The second kappa shape index (κ2) is 6.45. The molecule has 5 heteroatoms. The highest BCUT2D eigenvalue weighted by atomic mass is 15.2. The molecule has 1 unspecified atom stereocenters. The highest BCUT2D eigenvalue weighted by molar-refractivity contribution is 5.53. The van der Waals surface area contributed by atoms with Crippen molar-refractivity contribution in [2.24, 2.45) is 0 Å². The van der Waals surface area contributed by atoms with E-state index >= 15 is 0 Å². The smallest absolute Gasteiger partial charge is 0.0892 e. The van der Waals surface area contributed by atoms with Crippen LogP contribution in [-0.2, 0) is 6.42 Å². The van der Waals surface area contributed by atoms with Crippen LogP contribution in [0, 0.1) is 0 Å². The molecule has 3 aromatic rings. The zero-order valence-electron chi connectivity index (χ0n) is 12.1. The monoisotopic (exact) mass is 281 g/mol. The lowest BCUT2D eigenvalue weighted by atomic mass is 10.0. The van der Waals surface area contributed by atoms with Crippen molar-refractivity contribution >= 4 is 5.52 Å². The summed E-state index contributed by atoms with van der Waals surface area (Å²) in [5.74, 6) is 0. The largest absolute Gasteiger partial charge is 0.310 e. The van der Waals surface area contributed by atoms with Crippen molar-refractivity contribution in [1.82, 2.24) is 24.9 Å². The van der Waals surface area contributed by atoms with Crippen LogP contribution in [-0.4, -0.2) is 26.1 Å². The van der Waals surface area contributed by atoms with Gasteiger partial charge in [-0.3, -0.25) is 9.97 Å². The van der Waals surface area contributed by atoms with Crippen LogP contribution >= 0.6 is 0 Å². The molecule has 0 saturated heterocycles. The molecular formula is C16H19N5. The van der Waals surface area contributed by atoms with E-state index in [2.05, 4.69) is 39.4 Å². The SMILES string of the molecule is CCCNC(Cc1ccncc1)c1cnn2ccncc12. The van der Waals surface area contributed by atoms with E-state index < -0.39 is 0 Å². The third-order valence-electron chi connectivity index (χ3n) is 3.56. The summed E-state index contributed by atoms with van der Waals surface area (Å²) < 4.78 is 1.87. The number of nitrogens with one attached hydrogen (secondary N) is 1. The first kappa shape index (κ1) is 13.7. The molecule has 0 aliphatic carbocycles. The molecule has 0 radical (unpaired) electrons. The fraction of sp³-hybridized carbons (Fsp3) is 0.312. The first-order valence-electron chi connectivity index (χ1n) is 7.28. The molecule has 0 aliphatic heterocycles. The fourth-order valence-electron chi connectivity index (χ4n) is 2.49. The minimum absolute atomic E-state index is 0.231. The number of hydrogen-bond donors (Lipinski definition) is 1. The van der Waals surface area contributed by atoms with Gasteiger partial charge in [-0.1, -0.05) is 6.92 Å². The van der Waals surface area contributed by atoms with Crippen molar-refractivity contribution in [1.29, 1.82) is 0 Å². The van der Waals surface area contributed by atoms with Gasteiger partial charge in [-0.2, -0.15) is 5.10 Å². The number of fused-ring (bicyclic) bond motifs is 1. The quantitative estimate of drug-likeness (QED) is 0.754. The van der Waals surface area contributed by atoms with E-state index in [0.717, 1.165) is 24.9 Å². The van der Waals surface area contributed by atoms with Gasteiger partial charge in [-0.25, -0.2) is 4.52 Å². The Kier molecular flexibility index (Phi) is 4.21. The average Bonchev–Trinajstić information content (AvgIpc) is 2.96. The number of hydrogen-bond acceptors (Lipinski definition) is 4. The molecule has 1 N–H and O–H groups in total. The Hall–Kier alpha value is -2.27. The molecule has 0 bridgehead atoms. The van der Waals surface area contributed by atoms with E-state index in [4.69, 9.17) is 0 Å². The molecule has 3 rings (SSSR count). The van der Waals surface area contributed by atoms with Crippen LogP contribution < -0.4 is 5.32 Å². The van der Waals surface area contributed by atoms with Gasteiger partial charge in [0.05, 0.1) is 17.9 Å². The van der Waals surface area contributed by atoms with Gasteiger partial charge in [0.15, 0.2) is 0 Å². The van der Waals surface area contributed by atoms with Crippen molar-refractivity contribution in [3.63, 3.8) is 0 Å². The van der Waals surface area contributed by atoms with Crippen LogP contribution in [0.5, 0.6) is 0 Å². The van der Waals surface area contributed by atoms with Gasteiger partial charge in [-0.05, 0) is 37.1 Å². The van der Waals surface area contributed by atoms with Crippen LogP contribution in [0.4, 0.5) is 0 Å². The molecule has 3 heterocycles. The second-order valence-electron chi connectivity index (χ2n) is 5.07. The lowest BCUT2D eigenvalue weighted by Gasteiger charge is -2.17. The first-order chi connectivity index (χ1) is 10.4. The van der Waals surface area contributed by atoms with Crippen LogP contribution in [0.25, 0.3) is 5.52 Å². The Morgan fingerprint density at radius 1 is 1.14 bits per heavy atom. The molecule has 0 spiro atoms. The molecule has 0 saturated carbocycles. The van der Waals surface area contributed by atoms with Gasteiger partial charge in [-0.15, -0.1) is 0 Å². The number of aromatic nitrogens is 4. The van der Waals surface area contributed by atoms with E-state index in [0.29, 0.717) is 0 Å². The zero-order valence-corrected chi connectivity index (χ0v) is 12.1. The molecule has 0 aromatic carbocycles. The average molecular weight is 281 g/mol. The molecule has 108 valence electrons. The zero-order chi connectivity index (χ0) is 14.5. The summed E-state index contributed by atoms with van der Waals surface area (Å²) in [6.07, 6.45) is 13.1. The lowest BCUT2D eigenvalue weighted by molar-refractivity contribution is 0.532. The third kappa shape index (κ3) is 3.08. The molecule has 0 aliphatic rings. The van der Waals surface area contributed by atoms with Gasteiger partial charge in [0, 0.05) is 36.4 Å². The van der Waals surface area contributed by atoms with Crippen LogP contribution in [0.15, 0.2) is 49.3 Å². The molecule has 0 amide bonds. The summed E-state index contributed by atoms with van der Waals surface area (Å²) in [7, 11) is 0. The fourth-order valence-corrected chi connectivity index (χ4v) is 2.49. The van der Waals surface area contributed by atoms with E-state index in [1.54, 1.807) is 6.20 Å². The third-order valence-corrected chi connectivity index (χ3v) is 3.56. The number of pyridine rings is 1. The van der Waals surface area contributed by atoms with Crippen molar-refractivity contribution in [2.75, 3.05) is 6.54 Å². The highest BCUT2D eigenvalue weighted by Crippen LogP contribution is 2.22. The van der Waals surface area contributed by atoms with Crippen LogP contribution in [0.3, 0.4) is 0 Å². The first-order valence-corrected chi connectivity index (χ1v) is 7.28. The Morgan fingerprint density at radius 2 is 2.00 bits per heavy atom. The molecule has 21 heavy (non-hydrogen) atoms. The Bertz CT molecular complexity index is 692. The maximum absolute atomic E-state index is 4.41. The van der Waals surface area contributed by atoms with Crippen molar-refractivity contribution in [3.8, 4) is 0 Å². The summed E-state index contributed by atoms with van der Waals surface area (Å²) in [6, 6.07) is 4.35. The van der Waals surface area contributed by atoms with Gasteiger partial charge in [0.1, 0.15) is 0 Å². The maximum Gasteiger partial charge on any atom is 0.0892 e. The van der Waals surface area contributed by atoms with E-state index in [-0.39, 0.29) is 6.04 Å². The Labute approximate surface area is 124 Å². The minimum atomic E-state index is 0.231. The number of rotatable bonds is 6. The second-order valence-corrected chi connectivity index (χ2v) is 5.07. The van der Waals surface area contributed by atoms with Gasteiger partial charge in [0.25, 0.3) is 0 Å². The van der Waals surface area contributed by atoms with Gasteiger partial charge >= 0.3 is 0 Å². The Balaban J connectivity index is 1.91. The summed E-state index contributed by atoms with van der Waals surface area (Å²) >= 11 is 0. The topological polar surface area (TPSA) is 55.1 Å². The van der Waals surface area contributed by atoms with Gasteiger partial charge in [0.2, 0.25) is 0 Å². The highest BCUT2D eigenvalue weighted by Gasteiger charge is 2.16.